The third kappa shape index (κ3) is 4.01. The van der Waals surface area contributed by atoms with E-state index in [1.165, 1.54) is 42.4 Å². The Balaban J connectivity index is 1.48. The van der Waals surface area contributed by atoms with E-state index in [9.17, 15) is 0 Å². The third-order valence-corrected chi connectivity index (χ3v) is 5.63. The quantitative estimate of drug-likeness (QED) is 0.443. The summed E-state index contributed by atoms with van der Waals surface area (Å²) in [7, 11) is 0. The number of likely N-dealkylation sites (tertiary alicyclic amines) is 1. The highest BCUT2D eigenvalue weighted by molar-refractivity contribution is 6.28. The van der Waals surface area contributed by atoms with E-state index in [0.29, 0.717) is 11.5 Å². The molecule has 0 bridgehead atoms. The molecule has 6 nitrogen and oxygen atoms in total. The molecule has 0 amide bonds. The number of hydrogen-bond donors (Lipinski definition) is 0. The van der Waals surface area contributed by atoms with Gasteiger partial charge in [-0.3, -0.25) is 4.90 Å². The molecule has 7 heteroatoms. The second-order valence-corrected chi connectivity index (χ2v) is 7.88. The summed E-state index contributed by atoms with van der Waals surface area (Å²) in [5, 5.41) is 12.4. The molecule has 0 spiro atoms. The van der Waals surface area contributed by atoms with E-state index in [1.54, 1.807) is 12.1 Å². The minimum atomic E-state index is 0.204. The Bertz CT molecular complexity index is 1150. The molecule has 1 saturated heterocycles. The summed E-state index contributed by atoms with van der Waals surface area (Å²) in [4.78, 5) is 2.53. The predicted molar refractivity (Wildman–Crippen MR) is 117 cm³/mol. The number of nitrogens with zero attached hydrogens (tertiary/aromatic N) is 5. The van der Waals surface area contributed by atoms with Crippen LogP contribution in [0.1, 0.15) is 24.8 Å². The van der Waals surface area contributed by atoms with Crippen molar-refractivity contribution >= 4 is 17.2 Å². The largest absolute Gasteiger partial charge is 0.437 e. The summed E-state index contributed by atoms with van der Waals surface area (Å²) >= 11 is 6.05. The predicted octanol–water partition coefficient (Wildman–Crippen LogP) is 5.22. The third-order valence-electron chi connectivity index (χ3n) is 5.40. The molecule has 30 heavy (non-hydrogen) atoms. The summed E-state index contributed by atoms with van der Waals surface area (Å²) < 4.78 is 7.64. The first-order valence-corrected chi connectivity index (χ1v) is 10.6. The van der Waals surface area contributed by atoms with Crippen molar-refractivity contribution < 1.29 is 4.74 Å². The van der Waals surface area contributed by atoms with Gasteiger partial charge in [-0.05, 0) is 66.9 Å². The molecule has 1 fully saturated rings. The first-order valence-electron chi connectivity index (χ1n) is 10.2. The lowest BCUT2D eigenvalue weighted by Crippen LogP contribution is -2.29. The molecule has 0 radical (unpaired) electrons. The van der Waals surface area contributed by atoms with Gasteiger partial charge in [-0.25, -0.2) is 0 Å². The van der Waals surface area contributed by atoms with Gasteiger partial charge in [0.2, 0.25) is 11.2 Å². The fraction of sp³-hybridized carbons (Fsp3) is 0.261. The number of rotatable bonds is 5. The maximum absolute atomic E-state index is 6.18. The van der Waals surface area contributed by atoms with Crippen LogP contribution in [0.25, 0.3) is 16.8 Å². The Labute approximate surface area is 180 Å². The van der Waals surface area contributed by atoms with Crippen molar-refractivity contribution in [2.24, 2.45) is 0 Å². The molecular formula is C23H22ClN5O. The fourth-order valence-electron chi connectivity index (χ4n) is 3.90. The molecule has 0 aliphatic carbocycles. The van der Waals surface area contributed by atoms with Gasteiger partial charge in [-0.1, -0.05) is 42.8 Å². The molecule has 0 atom stereocenters. The van der Waals surface area contributed by atoms with Gasteiger partial charge in [0, 0.05) is 18.2 Å². The summed E-state index contributed by atoms with van der Waals surface area (Å²) in [6, 6.07) is 20.2. The first-order chi connectivity index (χ1) is 14.8. The van der Waals surface area contributed by atoms with Crippen LogP contribution >= 0.6 is 11.6 Å². The average Bonchev–Trinajstić information content (AvgIpc) is 3.16. The van der Waals surface area contributed by atoms with Gasteiger partial charge >= 0.3 is 0 Å². The molecule has 2 aromatic heterocycles. The Hall–Kier alpha value is -2.96. The second-order valence-electron chi connectivity index (χ2n) is 7.55. The number of fused-ring (bicyclic) bond motifs is 1. The molecule has 1 aliphatic heterocycles. The number of halogens is 1. The molecular weight excluding hydrogens is 398 g/mol. The molecule has 5 rings (SSSR count). The number of piperidine rings is 1. The van der Waals surface area contributed by atoms with Gasteiger partial charge in [0.1, 0.15) is 5.75 Å². The van der Waals surface area contributed by atoms with Crippen LogP contribution in [0.2, 0.25) is 5.28 Å². The lowest BCUT2D eigenvalue weighted by molar-refractivity contribution is 0.221. The van der Waals surface area contributed by atoms with Crippen LogP contribution in [0.4, 0.5) is 0 Å². The monoisotopic (exact) mass is 419 g/mol. The van der Waals surface area contributed by atoms with Crippen LogP contribution in [-0.2, 0) is 6.54 Å². The fourth-order valence-corrected chi connectivity index (χ4v) is 4.06. The minimum Gasteiger partial charge on any atom is -0.437 e. The number of ether oxygens (including phenoxy) is 1. The van der Waals surface area contributed by atoms with E-state index in [2.05, 4.69) is 44.5 Å². The normalized spacial score (nSPS) is 14.8. The van der Waals surface area contributed by atoms with Gasteiger partial charge in [-0.15, -0.1) is 15.3 Å². The van der Waals surface area contributed by atoms with Gasteiger partial charge in [0.25, 0.3) is 0 Å². The van der Waals surface area contributed by atoms with Crippen LogP contribution in [0.5, 0.6) is 11.6 Å². The van der Waals surface area contributed by atoms with Crippen LogP contribution in [0.3, 0.4) is 0 Å². The van der Waals surface area contributed by atoms with Crippen molar-refractivity contribution in [3.8, 4) is 22.8 Å². The zero-order chi connectivity index (χ0) is 20.3. The number of aromatic nitrogens is 4. The smallest absolute Gasteiger partial charge is 0.246 e. The molecule has 0 N–H and O–H groups in total. The highest BCUT2D eigenvalue weighted by Crippen LogP contribution is 2.34. The molecule has 4 aromatic rings. The van der Waals surface area contributed by atoms with Crippen molar-refractivity contribution in [2.45, 2.75) is 25.8 Å². The van der Waals surface area contributed by atoms with Gasteiger partial charge < -0.3 is 4.74 Å². The topological polar surface area (TPSA) is 55.6 Å². The van der Waals surface area contributed by atoms with Crippen LogP contribution in [0.15, 0.2) is 60.7 Å². The van der Waals surface area contributed by atoms with Crippen molar-refractivity contribution in [1.29, 1.82) is 0 Å². The van der Waals surface area contributed by atoms with Crippen LogP contribution in [-0.4, -0.2) is 37.8 Å². The Morgan fingerprint density at radius 2 is 1.73 bits per heavy atom. The SMILES string of the molecule is Clc1nnc2ccc(Oc3ccc(CN4CCCCC4)cc3-c3ccccc3)nn12. The van der Waals surface area contributed by atoms with Gasteiger partial charge in [-0.2, -0.15) is 4.52 Å². The van der Waals surface area contributed by atoms with Crippen molar-refractivity contribution in [2.75, 3.05) is 13.1 Å². The Morgan fingerprint density at radius 3 is 2.57 bits per heavy atom. The Kier molecular flexibility index (Phi) is 5.34. The summed E-state index contributed by atoms with van der Waals surface area (Å²) in [5.41, 5.74) is 4.01. The standard InChI is InChI=1S/C23H22ClN5O/c24-23-26-25-21-11-12-22(27-29(21)23)30-20-10-9-17(16-28-13-5-2-6-14-28)15-19(20)18-7-3-1-4-8-18/h1,3-4,7-12,15H,2,5-6,13-14,16H2. The van der Waals surface area contributed by atoms with Crippen molar-refractivity contribution in [1.82, 2.24) is 24.7 Å². The van der Waals surface area contributed by atoms with Crippen LogP contribution < -0.4 is 4.74 Å². The summed E-state index contributed by atoms with van der Waals surface area (Å²) in [6.07, 6.45) is 3.91. The average molecular weight is 420 g/mol. The second kappa shape index (κ2) is 8.42. The molecule has 3 heterocycles. The zero-order valence-electron chi connectivity index (χ0n) is 16.5. The van der Waals surface area contributed by atoms with Crippen molar-refractivity contribution in [3.05, 3.63) is 71.5 Å². The van der Waals surface area contributed by atoms with E-state index >= 15 is 0 Å². The van der Waals surface area contributed by atoms with Gasteiger partial charge in [0.15, 0.2) is 5.65 Å². The lowest BCUT2D eigenvalue weighted by atomic mass is 10.0. The molecule has 152 valence electrons. The van der Waals surface area contributed by atoms with Gasteiger partial charge in [0.05, 0.1) is 0 Å². The minimum absolute atomic E-state index is 0.204. The first kappa shape index (κ1) is 19.0. The lowest BCUT2D eigenvalue weighted by Gasteiger charge is -2.26. The maximum Gasteiger partial charge on any atom is 0.246 e. The van der Waals surface area contributed by atoms with E-state index < -0.39 is 0 Å². The maximum atomic E-state index is 6.18. The van der Waals surface area contributed by atoms with E-state index in [4.69, 9.17) is 16.3 Å². The number of hydrogen-bond acceptors (Lipinski definition) is 5. The summed E-state index contributed by atoms with van der Waals surface area (Å²) in [6.45, 7) is 3.30. The zero-order valence-corrected chi connectivity index (χ0v) is 17.3. The van der Waals surface area contributed by atoms with E-state index in [-0.39, 0.29) is 5.28 Å². The highest BCUT2D eigenvalue weighted by Gasteiger charge is 2.14. The Morgan fingerprint density at radius 1 is 0.900 bits per heavy atom. The molecule has 0 unspecified atom stereocenters. The summed E-state index contributed by atoms with van der Waals surface area (Å²) in [5.74, 6) is 1.19. The van der Waals surface area contributed by atoms with Crippen LogP contribution in [0, 0.1) is 0 Å². The number of benzene rings is 2. The molecule has 0 saturated carbocycles. The molecule has 2 aromatic carbocycles. The van der Waals surface area contributed by atoms with E-state index in [1.807, 2.05) is 24.3 Å². The van der Waals surface area contributed by atoms with Crippen molar-refractivity contribution in [3.63, 3.8) is 0 Å². The van der Waals surface area contributed by atoms with E-state index in [0.717, 1.165) is 23.4 Å². The molecule has 1 aliphatic rings. The highest BCUT2D eigenvalue weighted by atomic mass is 35.5.